The van der Waals surface area contributed by atoms with E-state index in [-0.39, 0.29) is 5.91 Å². The molecule has 0 aliphatic rings. The zero-order valence-corrected chi connectivity index (χ0v) is 15.5. The summed E-state index contributed by atoms with van der Waals surface area (Å²) in [4.78, 5) is 17.4. The lowest BCUT2D eigenvalue weighted by Crippen LogP contribution is -2.11. The number of nitriles is 1. The summed E-state index contributed by atoms with van der Waals surface area (Å²) < 4.78 is 2.10. The van der Waals surface area contributed by atoms with Gasteiger partial charge in [0.25, 0.3) is 5.91 Å². The molecule has 5 nitrogen and oxygen atoms in total. The van der Waals surface area contributed by atoms with Crippen LogP contribution in [0.1, 0.15) is 26.5 Å². The van der Waals surface area contributed by atoms with Gasteiger partial charge >= 0.3 is 0 Å². The number of anilines is 1. The Bertz CT molecular complexity index is 1170. The number of hydrogen-bond acceptors (Lipinski definition) is 4. The smallest absolute Gasteiger partial charge is 0.267 e. The number of benzene rings is 2. The summed E-state index contributed by atoms with van der Waals surface area (Å²) in [6.45, 7) is 2.49. The van der Waals surface area contributed by atoms with Crippen LogP contribution in [0.5, 0.6) is 0 Å². The van der Waals surface area contributed by atoms with Gasteiger partial charge in [0, 0.05) is 18.1 Å². The number of amides is 1. The third kappa shape index (κ3) is 3.33. The van der Waals surface area contributed by atoms with Crippen LogP contribution in [0.3, 0.4) is 0 Å². The maximum atomic E-state index is 12.6. The largest absolute Gasteiger partial charge is 0.341 e. The van der Waals surface area contributed by atoms with Crippen LogP contribution in [-0.2, 0) is 6.54 Å². The van der Waals surface area contributed by atoms with Gasteiger partial charge in [-0.25, -0.2) is 4.98 Å². The van der Waals surface area contributed by atoms with Crippen LogP contribution in [0, 0.1) is 18.3 Å². The summed E-state index contributed by atoms with van der Waals surface area (Å²) in [5.74, 6) is -0.142. The number of hydrogen-bond donors (Lipinski definition) is 1. The Labute approximate surface area is 160 Å². The summed E-state index contributed by atoms with van der Waals surface area (Å²) in [5.41, 5.74) is 5.96. The maximum absolute atomic E-state index is 12.6. The molecule has 4 rings (SSSR count). The van der Waals surface area contributed by atoms with Crippen LogP contribution >= 0.6 is 11.3 Å². The lowest BCUT2D eigenvalue weighted by molar-refractivity contribution is 0.103. The minimum absolute atomic E-state index is 0.142. The Morgan fingerprint density at radius 1 is 1.22 bits per heavy atom. The highest BCUT2D eigenvalue weighted by Gasteiger charge is 2.15. The van der Waals surface area contributed by atoms with E-state index in [1.807, 2.05) is 61.7 Å². The molecule has 0 bridgehead atoms. The van der Waals surface area contributed by atoms with E-state index in [9.17, 15) is 4.79 Å². The summed E-state index contributed by atoms with van der Waals surface area (Å²) in [6.07, 6.45) is 1.96. The molecule has 0 unspecified atom stereocenters. The van der Waals surface area contributed by atoms with Gasteiger partial charge in [-0.3, -0.25) is 4.79 Å². The molecule has 0 spiro atoms. The van der Waals surface area contributed by atoms with Crippen LogP contribution in [0.25, 0.3) is 10.9 Å². The van der Waals surface area contributed by atoms with E-state index >= 15 is 0 Å². The summed E-state index contributed by atoms with van der Waals surface area (Å²) in [5, 5.41) is 13.0. The third-order valence-electron chi connectivity index (χ3n) is 4.42. The second-order valence-electron chi connectivity index (χ2n) is 6.22. The van der Waals surface area contributed by atoms with Gasteiger partial charge in [0.2, 0.25) is 0 Å². The summed E-state index contributed by atoms with van der Waals surface area (Å²) in [7, 11) is 0. The SMILES string of the molecule is Cc1ncsc1C(=O)Nc1cn(Cc2ccc(C#N)cc2)c2ccccc12. The highest BCUT2D eigenvalue weighted by atomic mass is 32.1. The van der Waals surface area contributed by atoms with Gasteiger partial charge < -0.3 is 9.88 Å². The number of rotatable bonds is 4. The van der Waals surface area contributed by atoms with Crippen LogP contribution in [0.2, 0.25) is 0 Å². The molecule has 27 heavy (non-hydrogen) atoms. The van der Waals surface area contributed by atoms with E-state index in [0.717, 1.165) is 27.8 Å². The monoisotopic (exact) mass is 372 g/mol. The zero-order valence-electron chi connectivity index (χ0n) is 14.6. The predicted octanol–water partition coefficient (Wildman–Crippen LogP) is 4.58. The quantitative estimate of drug-likeness (QED) is 0.570. The Kier molecular flexibility index (Phi) is 4.45. The molecule has 0 aliphatic carbocycles. The minimum Gasteiger partial charge on any atom is -0.341 e. The molecule has 1 N–H and O–H groups in total. The highest BCUT2D eigenvalue weighted by molar-refractivity contribution is 7.12. The fourth-order valence-electron chi connectivity index (χ4n) is 3.06. The molecule has 0 saturated carbocycles. The first-order valence-electron chi connectivity index (χ1n) is 8.44. The fraction of sp³-hybridized carbons (Fsp3) is 0.0952. The number of para-hydroxylation sites is 1. The highest BCUT2D eigenvalue weighted by Crippen LogP contribution is 2.28. The Balaban J connectivity index is 1.67. The molecule has 0 saturated heterocycles. The van der Waals surface area contributed by atoms with Crippen molar-refractivity contribution < 1.29 is 4.79 Å². The van der Waals surface area contributed by atoms with Gasteiger partial charge in [-0.1, -0.05) is 30.3 Å². The second kappa shape index (κ2) is 7.06. The number of nitrogens with one attached hydrogen (secondary N) is 1. The minimum atomic E-state index is -0.142. The van der Waals surface area contributed by atoms with Gasteiger partial charge in [0.15, 0.2) is 0 Å². The van der Waals surface area contributed by atoms with E-state index in [1.165, 1.54) is 11.3 Å². The van der Waals surface area contributed by atoms with E-state index in [4.69, 9.17) is 5.26 Å². The first-order chi connectivity index (χ1) is 13.2. The second-order valence-corrected chi connectivity index (χ2v) is 7.07. The Morgan fingerprint density at radius 2 is 2.00 bits per heavy atom. The van der Waals surface area contributed by atoms with E-state index in [2.05, 4.69) is 20.9 Å². The molecule has 0 radical (unpaired) electrons. The van der Waals surface area contributed by atoms with E-state index in [0.29, 0.717) is 17.0 Å². The number of carbonyl (C=O) groups is 1. The van der Waals surface area contributed by atoms with Gasteiger partial charge in [-0.05, 0) is 30.7 Å². The molecule has 0 aliphatic heterocycles. The van der Waals surface area contributed by atoms with Crippen molar-refractivity contribution >= 4 is 33.8 Å². The molecular weight excluding hydrogens is 356 g/mol. The third-order valence-corrected chi connectivity index (χ3v) is 5.35. The molecule has 2 aromatic carbocycles. The van der Waals surface area contributed by atoms with Crippen molar-refractivity contribution in [2.75, 3.05) is 5.32 Å². The van der Waals surface area contributed by atoms with Crippen molar-refractivity contribution in [3.63, 3.8) is 0 Å². The average Bonchev–Trinajstić information content (AvgIpc) is 3.27. The van der Waals surface area contributed by atoms with Crippen molar-refractivity contribution in [3.05, 3.63) is 81.9 Å². The number of carbonyl (C=O) groups excluding carboxylic acids is 1. The fourth-order valence-corrected chi connectivity index (χ4v) is 3.76. The van der Waals surface area contributed by atoms with Gasteiger partial charge in [-0.2, -0.15) is 5.26 Å². The summed E-state index contributed by atoms with van der Waals surface area (Å²) >= 11 is 1.34. The standard InChI is InChI=1S/C21H16N4OS/c1-14-20(27-13-23-14)21(26)24-18-12-25(19-5-3-2-4-17(18)19)11-16-8-6-15(10-22)7-9-16/h2-9,12-13H,11H2,1H3,(H,24,26). The molecule has 4 aromatic rings. The first kappa shape index (κ1) is 17.0. The maximum Gasteiger partial charge on any atom is 0.267 e. The molecule has 0 atom stereocenters. The summed E-state index contributed by atoms with van der Waals surface area (Å²) in [6, 6.07) is 17.6. The van der Waals surface area contributed by atoms with E-state index in [1.54, 1.807) is 5.51 Å². The molecule has 2 aromatic heterocycles. The van der Waals surface area contributed by atoms with Crippen LogP contribution in [0.15, 0.2) is 60.2 Å². The number of aryl methyl sites for hydroxylation is 1. The van der Waals surface area contributed by atoms with Gasteiger partial charge in [-0.15, -0.1) is 11.3 Å². The van der Waals surface area contributed by atoms with E-state index < -0.39 is 0 Å². The van der Waals surface area contributed by atoms with Crippen molar-refractivity contribution in [2.45, 2.75) is 13.5 Å². The van der Waals surface area contributed by atoms with Crippen LogP contribution < -0.4 is 5.32 Å². The normalized spacial score (nSPS) is 10.7. The number of nitrogens with zero attached hydrogens (tertiary/aromatic N) is 3. The number of thiazole rings is 1. The molecule has 1 amide bonds. The number of aromatic nitrogens is 2. The number of fused-ring (bicyclic) bond motifs is 1. The molecule has 2 heterocycles. The molecule has 0 fully saturated rings. The molecule has 132 valence electrons. The first-order valence-corrected chi connectivity index (χ1v) is 9.32. The Hall–Kier alpha value is -3.43. The van der Waals surface area contributed by atoms with Gasteiger partial charge in [0.1, 0.15) is 4.88 Å². The molecular formula is C21H16N4OS. The zero-order chi connectivity index (χ0) is 18.8. The van der Waals surface area contributed by atoms with Crippen LogP contribution in [-0.4, -0.2) is 15.5 Å². The topological polar surface area (TPSA) is 70.7 Å². The Morgan fingerprint density at radius 3 is 2.70 bits per heavy atom. The predicted molar refractivity (Wildman–Crippen MR) is 107 cm³/mol. The van der Waals surface area contributed by atoms with Crippen LogP contribution in [0.4, 0.5) is 5.69 Å². The lowest BCUT2D eigenvalue weighted by Gasteiger charge is -2.05. The van der Waals surface area contributed by atoms with Crippen molar-refractivity contribution in [2.24, 2.45) is 0 Å². The molecule has 6 heteroatoms. The lowest BCUT2D eigenvalue weighted by atomic mass is 10.1. The van der Waals surface area contributed by atoms with Crippen molar-refractivity contribution in [1.29, 1.82) is 5.26 Å². The average molecular weight is 372 g/mol. The van der Waals surface area contributed by atoms with Crippen molar-refractivity contribution in [1.82, 2.24) is 9.55 Å². The van der Waals surface area contributed by atoms with Gasteiger partial charge in [0.05, 0.1) is 34.0 Å². The van der Waals surface area contributed by atoms with Crippen molar-refractivity contribution in [3.8, 4) is 6.07 Å².